The van der Waals surface area contributed by atoms with Crippen LogP contribution in [-0.2, 0) is 9.13 Å². The molecule has 0 aromatic heterocycles. The van der Waals surface area contributed by atoms with Gasteiger partial charge in [-0.15, -0.1) is 23.2 Å². The van der Waals surface area contributed by atoms with E-state index in [0.29, 0.717) is 5.56 Å². The van der Waals surface area contributed by atoms with Gasteiger partial charge in [-0.2, -0.15) is 0 Å². The van der Waals surface area contributed by atoms with E-state index >= 15 is 0 Å². The Bertz CT molecular complexity index is 609. The first-order valence-corrected chi connectivity index (χ1v) is 11.1. The zero-order valence-electron chi connectivity index (χ0n) is 13.0. The highest BCUT2D eigenvalue weighted by molar-refractivity contribution is 7.52. The molecule has 1 aromatic carbocycles. The maximum atomic E-state index is 11.2. The first-order chi connectivity index (χ1) is 10.8. The summed E-state index contributed by atoms with van der Waals surface area (Å²) in [7, 11) is -5.49. The van der Waals surface area contributed by atoms with E-state index in [1.54, 1.807) is 43.3 Å². The maximum absolute atomic E-state index is 11.2. The van der Waals surface area contributed by atoms with E-state index in [-0.39, 0.29) is 5.50 Å². The minimum Gasteiger partial charge on any atom is -0.324 e. The fraction of sp³-hybridized carbons (Fsp3) is 0.500. The lowest BCUT2D eigenvalue weighted by Crippen LogP contribution is -2.28. The Kier molecular flexibility index (Phi) is 7.91. The Hall–Kier alpha value is 0.0200. The molecule has 0 heterocycles. The van der Waals surface area contributed by atoms with E-state index < -0.39 is 33.3 Å². The largest absolute Gasteiger partial charge is 0.339 e. The van der Waals surface area contributed by atoms with Crippen molar-refractivity contribution in [2.24, 2.45) is 0 Å². The van der Waals surface area contributed by atoms with Crippen LogP contribution in [0.3, 0.4) is 0 Å². The third-order valence-corrected chi connectivity index (χ3v) is 5.63. The Morgan fingerprint density at radius 2 is 1.21 bits per heavy atom. The van der Waals surface area contributed by atoms with E-state index in [9.17, 15) is 9.13 Å². The average molecular weight is 421 g/mol. The van der Waals surface area contributed by atoms with Gasteiger partial charge in [0.15, 0.2) is 0 Å². The van der Waals surface area contributed by atoms with Crippen LogP contribution in [0.5, 0.6) is 0 Å². The Labute approximate surface area is 150 Å². The van der Waals surface area contributed by atoms with Gasteiger partial charge >= 0.3 is 15.2 Å². The summed E-state index contributed by atoms with van der Waals surface area (Å²) >= 11 is 12.4. The molecule has 138 valence electrons. The quantitative estimate of drug-likeness (QED) is 0.287. The van der Waals surface area contributed by atoms with Gasteiger partial charge in [0.25, 0.3) is 0 Å². The first kappa shape index (κ1) is 22.1. The van der Waals surface area contributed by atoms with Gasteiger partial charge in [-0.25, -0.2) is 0 Å². The van der Waals surface area contributed by atoms with Crippen LogP contribution in [0, 0.1) is 0 Å². The number of hydrogen-bond donors (Lipinski definition) is 4. The van der Waals surface area contributed by atoms with Crippen molar-refractivity contribution in [3.8, 4) is 0 Å². The smallest absolute Gasteiger partial charge is 0.324 e. The van der Waals surface area contributed by atoms with Crippen LogP contribution in [-0.4, -0.2) is 56.0 Å². The predicted molar refractivity (Wildman–Crippen MR) is 93.0 cm³/mol. The highest BCUT2D eigenvalue weighted by Gasteiger charge is 2.31. The fourth-order valence-electron chi connectivity index (χ4n) is 1.98. The van der Waals surface area contributed by atoms with Crippen LogP contribution in [0.15, 0.2) is 24.3 Å². The van der Waals surface area contributed by atoms with Crippen molar-refractivity contribution in [3.05, 3.63) is 35.4 Å². The monoisotopic (exact) mass is 420 g/mol. The second-order valence-electron chi connectivity index (χ2n) is 5.50. The van der Waals surface area contributed by atoms with Gasteiger partial charge in [0, 0.05) is 0 Å². The number of alkyl halides is 2. The zero-order chi connectivity index (χ0) is 18.7. The van der Waals surface area contributed by atoms with Crippen LogP contribution in [0.1, 0.15) is 22.1 Å². The van der Waals surface area contributed by atoms with Gasteiger partial charge in [0.2, 0.25) is 0 Å². The molecule has 1 aromatic rings. The highest BCUT2D eigenvalue weighted by Crippen LogP contribution is 2.45. The number of nitrogens with zero attached hydrogens (tertiary/aromatic N) is 2. The Balaban J connectivity index is 3.03. The molecular formula is C12H20Cl2N2O6P2. The SMILES string of the molecule is CN(C)C(Cl)c1ccc(C(Cl)N(CP(=O)(O)O)CP(=O)(O)O)cc1. The average Bonchev–Trinajstić information content (AvgIpc) is 2.42. The lowest BCUT2D eigenvalue weighted by molar-refractivity contribution is 0.265. The first-order valence-electron chi connectivity index (χ1n) is 6.68. The van der Waals surface area contributed by atoms with Crippen molar-refractivity contribution in [1.82, 2.24) is 9.80 Å². The van der Waals surface area contributed by atoms with Crippen molar-refractivity contribution in [2.45, 2.75) is 11.0 Å². The predicted octanol–water partition coefficient (Wildman–Crippen LogP) is 2.30. The summed E-state index contributed by atoms with van der Waals surface area (Å²) in [5.41, 5.74) is -0.266. The summed E-state index contributed by atoms with van der Waals surface area (Å²) in [6.07, 6.45) is -1.74. The van der Waals surface area contributed by atoms with Crippen molar-refractivity contribution >= 4 is 38.4 Å². The molecule has 0 saturated carbocycles. The lowest BCUT2D eigenvalue weighted by Gasteiger charge is -2.28. The molecule has 0 fully saturated rings. The molecule has 12 heteroatoms. The van der Waals surface area contributed by atoms with Gasteiger partial charge in [0.05, 0.1) is 0 Å². The molecule has 0 aliphatic heterocycles. The number of benzene rings is 1. The lowest BCUT2D eigenvalue weighted by atomic mass is 10.1. The van der Waals surface area contributed by atoms with Gasteiger partial charge in [-0.05, 0) is 25.2 Å². The Morgan fingerprint density at radius 3 is 1.50 bits per heavy atom. The van der Waals surface area contributed by atoms with E-state index in [0.717, 1.165) is 10.5 Å². The number of rotatable bonds is 8. The van der Waals surface area contributed by atoms with Crippen LogP contribution in [0.4, 0.5) is 0 Å². The molecule has 24 heavy (non-hydrogen) atoms. The Morgan fingerprint density at radius 1 is 0.875 bits per heavy atom. The fourth-order valence-corrected chi connectivity index (χ4v) is 4.24. The van der Waals surface area contributed by atoms with Crippen molar-refractivity contribution in [2.75, 3.05) is 26.7 Å². The normalized spacial score (nSPS) is 15.8. The second kappa shape index (κ2) is 8.60. The van der Waals surface area contributed by atoms with Crippen LogP contribution in [0.2, 0.25) is 0 Å². The van der Waals surface area contributed by atoms with E-state index in [2.05, 4.69) is 0 Å². The molecule has 0 aliphatic carbocycles. The maximum Gasteiger partial charge on any atom is 0.339 e. The standard InChI is InChI=1S/C12H20Cl2N2O6P2/c1-15(2)11(13)9-3-5-10(6-4-9)12(14)16(7-23(17,18)19)8-24(20,21)22/h3-6,11-12H,7-8H2,1-2H3,(H2,17,18,19)(H2,20,21,22). The summed E-state index contributed by atoms with van der Waals surface area (Å²) in [5, 5.41) is 0. The van der Waals surface area contributed by atoms with Crippen molar-refractivity contribution in [1.29, 1.82) is 0 Å². The molecule has 2 atom stereocenters. The molecule has 0 bridgehead atoms. The van der Waals surface area contributed by atoms with Gasteiger partial charge in [-0.1, -0.05) is 24.3 Å². The zero-order valence-corrected chi connectivity index (χ0v) is 16.3. The highest BCUT2D eigenvalue weighted by atomic mass is 35.5. The second-order valence-corrected chi connectivity index (χ2v) is 9.55. The van der Waals surface area contributed by atoms with Crippen molar-refractivity contribution in [3.63, 3.8) is 0 Å². The minimum absolute atomic E-state index is 0.367. The summed E-state index contributed by atoms with van der Waals surface area (Å²) in [4.78, 5) is 39.0. The van der Waals surface area contributed by atoms with Crippen molar-refractivity contribution < 1.29 is 28.7 Å². The molecule has 0 spiro atoms. The molecular weight excluding hydrogens is 401 g/mol. The molecule has 0 saturated heterocycles. The summed E-state index contributed by atoms with van der Waals surface area (Å²) in [5.74, 6) is 0. The molecule has 8 nitrogen and oxygen atoms in total. The molecule has 0 radical (unpaired) electrons. The summed E-state index contributed by atoms with van der Waals surface area (Å²) in [6, 6.07) is 6.57. The van der Waals surface area contributed by atoms with Gasteiger partial charge in [0.1, 0.15) is 23.6 Å². The van der Waals surface area contributed by atoms with Gasteiger partial charge < -0.3 is 19.6 Å². The summed E-state index contributed by atoms with van der Waals surface area (Å²) in [6.45, 7) is 0. The van der Waals surface area contributed by atoms with E-state index in [1.165, 1.54) is 0 Å². The van der Waals surface area contributed by atoms with E-state index in [1.807, 2.05) is 0 Å². The third kappa shape index (κ3) is 7.50. The van der Waals surface area contributed by atoms with Crippen LogP contribution < -0.4 is 0 Å². The topological polar surface area (TPSA) is 122 Å². The van der Waals surface area contributed by atoms with Crippen LogP contribution >= 0.6 is 38.4 Å². The van der Waals surface area contributed by atoms with Crippen LogP contribution in [0.25, 0.3) is 0 Å². The minimum atomic E-state index is -4.55. The molecule has 0 aliphatic rings. The third-order valence-electron chi connectivity index (χ3n) is 2.99. The van der Waals surface area contributed by atoms with E-state index in [4.69, 9.17) is 42.8 Å². The molecule has 2 unspecified atom stereocenters. The molecule has 0 amide bonds. The number of hydrogen-bond acceptors (Lipinski definition) is 4. The molecule has 4 N–H and O–H groups in total. The number of halogens is 2. The molecule has 1 rings (SSSR count). The van der Waals surface area contributed by atoms with Gasteiger partial charge in [-0.3, -0.25) is 18.9 Å². The summed E-state index contributed by atoms with van der Waals surface area (Å²) < 4.78 is 22.4.